The number of carbonyl (C=O) groups is 1. The predicted octanol–water partition coefficient (Wildman–Crippen LogP) is 2.01. The van der Waals surface area contributed by atoms with Crippen LogP contribution in [-0.4, -0.2) is 43.0 Å². The zero-order chi connectivity index (χ0) is 14.7. The maximum absolute atomic E-state index is 12.7. The number of likely N-dealkylation sites (tertiary alicyclic amines) is 1. The number of amides is 1. The highest BCUT2D eigenvalue weighted by molar-refractivity contribution is 5.96. The van der Waals surface area contributed by atoms with Crippen molar-refractivity contribution in [2.75, 3.05) is 25.5 Å². The van der Waals surface area contributed by atoms with Gasteiger partial charge < -0.3 is 10.6 Å². The Kier molecular flexibility index (Phi) is 4.56. The first-order chi connectivity index (χ1) is 10.3. The van der Waals surface area contributed by atoms with Crippen LogP contribution in [0.3, 0.4) is 0 Å². The Hall–Kier alpha value is -1.39. The van der Waals surface area contributed by atoms with Crippen molar-refractivity contribution in [2.45, 2.75) is 44.2 Å². The lowest BCUT2D eigenvalue weighted by atomic mass is 9.97. The van der Waals surface area contributed by atoms with Crippen LogP contribution in [0.25, 0.3) is 0 Å². The second-order valence-electron chi connectivity index (χ2n) is 6.15. The normalized spacial score (nSPS) is 26.8. The van der Waals surface area contributed by atoms with Crippen LogP contribution in [0.15, 0.2) is 24.3 Å². The summed E-state index contributed by atoms with van der Waals surface area (Å²) in [6.45, 7) is 2.01. The van der Waals surface area contributed by atoms with E-state index in [4.69, 9.17) is 0 Å². The lowest BCUT2D eigenvalue weighted by molar-refractivity contribution is -0.123. The molecule has 0 radical (unpaired) electrons. The number of fused-ring (bicyclic) bond motifs is 1. The first kappa shape index (κ1) is 14.5. The Balaban J connectivity index is 1.78. The van der Waals surface area contributed by atoms with Gasteiger partial charge in [0.05, 0.1) is 6.04 Å². The molecule has 1 fully saturated rings. The largest absolute Gasteiger partial charge is 0.324 e. The fourth-order valence-corrected chi connectivity index (χ4v) is 3.70. The van der Waals surface area contributed by atoms with Gasteiger partial charge in [-0.15, -0.1) is 0 Å². The SMILES string of the molecule is CNCC1CCCCN1C1CCc2ccccc2NC1=O. The molecule has 0 saturated carbocycles. The summed E-state index contributed by atoms with van der Waals surface area (Å²) in [6, 6.07) is 8.67. The van der Waals surface area contributed by atoms with Crippen LogP contribution in [0.4, 0.5) is 5.69 Å². The van der Waals surface area contributed by atoms with E-state index in [1.807, 2.05) is 19.2 Å². The van der Waals surface area contributed by atoms with Crippen molar-refractivity contribution in [1.29, 1.82) is 0 Å². The van der Waals surface area contributed by atoms with E-state index in [0.717, 1.165) is 31.6 Å². The number of nitrogens with one attached hydrogen (secondary N) is 2. The van der Waals surface area contributed by atoms with Crippen LogP contribution in [0.1, 0.15) is 31.2 Å². The van der Waals surface area contributed by atoms with E-state index in [1.165, 1.54) is 24.8 Å². The molecule has 114 valence electrons. The average Bonchev–Trinajstić information content (AvgIpc) is 2.67. The number of rotatable bonds is 3. The molecule has 1 aromatic carbocycles. The molecular weight excluding hydrogens is 262 g/mol. The molecule has 0 bridgehead atoms. The van der Waals surface area contributed by atoms with Crippen LogP contribution < -0.4 is 10.6 Å². The topological polar surface area (TPSA) is 44.4 Å². The number of nitrogens with zero attached hydrogens (tertiary/aromatic N) is 1. The van der Waals surface area contributed by atoms with E-state index >= 15 is 0 Å². The molecule has 3 rings (SSSR count). The smallest absolute Gasteiger partial charge is 0.241 e. The fraction of sp³-hybridized carbons (Fsp3) is 0.588. The van der Waals surface area contributed by atoms with Gasteiger partial charge in [-0.05, 0) is 50.9 Å². The van der Waals surface area contributed by atoms with Crippen molar-refractivity contribution in [2.24, 2.45) is 0 Å². The van der Waals surface area contributed by atoms with E-state index in [2.05, 4.69) is 27.7 Å². The van der Waals surface area contributed by atoms with Gasteiger partial charge in [-0.3, -0.25) is 9.69 Å². The highest BCUT2D eigenvalue weighted by Crippen LogP contribution is 2.27. The number of aryl methyl sites for hydroxylation is 1. The quantitative estimate of drug-likeness (QED) is 0.894. The van der Waals surface area contributed by atoms with Crippen molar-refractivity contribution < 1.29 is 4.79 Å². The van der Waals surface area contributed by atoms with E-state index in [9.17, 15) is 4.79 Å². The minimum Gasteiger partial charge on any atom is -0.324 e. The zero-order valence-corrected chi connectivity index (χ0v) is 12.8. The Morgan fingerprint density at radius 1 is 1.29 bits per heavy atom. The summed E-state index contributed by atoms with van der Waals surface area (Å²) in [4.78, 5) is 15.1. The van der Waals surface area contributed by atoms with E-state index in [1.54, 1.807) is 0 Å². The maximum atomic E-state index is 12.7. The molecule has 0 aliphatic carbocycles. The number of benzene rings is 1. The van der Waals surface area contributed by atoms with Gasteiger partial charge in [-0.2, -0.15) is 0 Å². The second kappa shape index (κ2) is 6.58. The van der Waals surface area contributed by atoms with Crippen molar-refractivity contribution in [3.8, 4) is 0 Å². The summed E-state index contributed by atoms with van der Waals surface area (Å²) in [6.07, 6.45) is 5.57. The van der Waals surface area contributed by atoms with E-state index in [0.29, 0.717) is 6.04 Å². The van der Waals surface area contributed by atoms with Gasteiger partial charge in [-0.25, -0.2) is 0 Å². The number of anilines is 1. The van der Waals surface area contributed by atoms with E-state index < -0.39 is 0 Å². The Morgan fingerprint density at radius 2 is 2.14 bits per heavy atom. The molecule has 2 aliphatic heterocycles. The Bertz CT molecular complexity index is 501. The lowest BCUT2D eigenvalue weighted by Gasteiger charge is -2.40. The zero-order valence-electron chi connectivity index (χ0n) is 12.8. The molecular formula is C17H25N3O. The third-order valence-corrected chi connectivity index (χ3v) is 4.78. The number of hydrogen-bond donors (Lipinski definition) is 2. The number of likely N-dealkylation sites (N-methyl/N-ethyl adjacent to an activating group) is 1. The summed E-state index contributed by atoms with van der Waals surface area (Å²) in [5, 5.41) is 6.41. The van der Waals surface area contributed by atoms with Crippen LogP contribution in [0.2, 0.25) is 0 Å². The standard InChI is InChI=1S/C17H25N3O/c1-18-12-14-7-4-5-11-20(14)16-10-9-13-6-2-3-8-15(13)19-17(16)21/h2-3,6,8,14,16,18H,4-5,7,9-12H2,1H3,(H,19,21). The van der Waals surface area contributed by atoms with Crippen molar-refractivity contribution in [3.05, 3.63) is 29.8 Å². The molecule has 2 unspecified atom stereocenters. The third kappa shape index (κ3) is 3.11. The number of carbonyl (C=O) groups excluding carboxylic acids is 1. The summed E-state index contributed by atoms with van der Waals surface area (Å²) in [7, 11) is 2.00. The van der Waals surface area contributed by atoms with Crippen LogP contribution in [0.5, 0.6) is 0 Å². The molecule has 21 heavy (non-hydrogen) atoms. The number of hydrogen-bond acceptors (Lipinski definition) is 3. The fourth-order valence-electron chi connectivity index (χ4n) is 3.70. The first-order valence-corrected chi connectivity index (χ1v) is 8.08. The van der Waals surface area contributed by atoms with Gasteiger partial charge in [0.15, 0.2) is 0 Å². The molecule has 0 aromatic heterocycles. The highest BCUT2D eigenvalue weighted by atomic mass is 16.2. The molecule has 1 amide bonds. The van der Waals surface area contributed by atoms with Gasteiger partial charge in [0.25, 0.3) is 0 Å². The minimum absolute atomic E-state index is 0.0102. The minimum atomic E-state index is 0.0102. The Morgan fingerprint density at radius 3 is 3.00 bits per heavy atom. The highest BCUT2D eigenvalue weighted by Gasteiger charge is 2.34. The third-order valence-electron chi connectivity index (χ3n) is 4.78. The van der Waals surface area contributed by atoms with Gasteiger partial charge in [0.1, 0.15) is 0 Å². The molecule has 2 N–H and O–H groups in total. The number of para-hydroxylation sites is 1. The predicted molar refractivity (Wildman–Crippen MR) is 85.5 cm³/mol. The summed E-state index contributed by atoms with van der Waals surface area (Å²) < 4.78 is 0. The molecule has 1 saturated heterocycles. The lowest BCUT2D eigenvalue weighted by Crippen LogP contribution is -2.53. The van der Waals surface area contributed by atoms with Crippen molar-refractivity contribution in [3.63, 3.8) is 0 Å². The van der Waals surface area contributed by atoms with Gasteiger partial charge in [0.2, 0.25) is 5.91 Å². The monoisotopic (exact) mass is 287 g/mol. The molecule has 2 heterocycles. The van der Waals surface area contributed by atoms with Crippen molar-refractivity contribution >= 4 is 11.6 Å². The molecule has 0 spiro atoms. The molecule has 4 nitrogen and oxygen atoms in total. The molecule has 1 aromatic rings. The van der Waals surface area contributed by atoms with Gasteiger partial charge in [-0.1, -0.05) is 24.6 Å². The summed E-state index contributed by atoms with van der Waals surface area (Å²) in [5.74, 6) is 0.169. The van der Waals surface area contributed by atoms with Gasteiger partial charge in [0, 0.05) is 18.3 Å². The average molecular weight is 287 g/mol. The number of piperidine rings is 1. The summed E-state index contributed by atoms with van der Waals surface area (Å²) >= 11 is 0. The maximum Gasteiger partial charge on any atom is 0.241 e. The summed E-state index contributed by atoms with van der Waals surface area (Å²) in [5.41, 5.74) is 2.25. The molecule has 4 heteroatoms. The molecule has 2 atom stereocenters. The second-order valence-corrected chi connectivity index (χ2v) is 6.15. The Labute approximate surface area is 126 Å². The van der Waals surface area contributed by atoms with Gasteiger partial charge >= 0.3 is 0 Å². The van der Waals surface area contributed by atoms with Crippen LogP contribution in [0, 0.1) is 0 Å². The van der Waals surface area contributed by atoms with Crippen LogP contribution in [-0.2, 0) is 11.2 Å². The van der Waals surface area contributed by atoms with Crippen molar-refractivity contribution in [1.82, 2.24) is 10.2 Å². The van der Waals surface area contributed by atoms with Crippen LogP contribution >= 0.6 is 0 Å². The molecule has 2 aliphatic rings. The van der Waals surface area contributed by atoms with E-state index in [-0.39, 0.29) is 11.9 Å². The first-order valence-electron chi connectivity index (χ1n) is 8.08.